The lowest BCUT2D eigenvalue weighted by atomic mass is 9.86. The van der Waals surface area contributed by atoms with Crippen molar-refractivity contribution >= 4 is 5.91 Å². The molecule has 1 aromatic carbocycles. The summed E-state index contributed by atoms with van der Waals surface area (Å²) >= 11 is 0. The molecule has 0 spiro atoms. The van der Waals surface area contributed by atoms with Gasteiger partial charge < -0.3 is 10.4 Å². The molecular formula is C21H30N2O2. The van der Waals surface area contributed by atoms with Gasteiger partial charge in [0.05, 0.1) is 12.6 Å². The average Bonchev–Trinajstić information content (AvgIpc) is 2.59. The molecule has 1 aliphatic rings. The summed E-state index contributed by atoms with van der Waals surface area (Å²) in [6.45, 7) is 9.10. The van der Waals surface area contributed by atoms with E-state index in [2.05, 4.69) is 36.9 Å². The smallest absolute Gasteiger partial charge is 0.223 e. The predicted octanol–water partition coefficient (Wildman–Crippen LogP) is 2.48. The van der Waals surface area contributed by atoms with Crippen molar-refractivity contribution < 1.29 is 9.90 Å². The molecule has 136 valence electrons. The Morgan fingerprint density at radius 3 is 2.44 bits per heavy atom. The lowest BCUT2D eigenvalue weighted by molar-refractivity contribution is -0.126. The molecule has 1 heterocycles. The molecule has 0 aliphatic carbocycles. The highest BCUT2D eigenvalue weighted by Crippen LogP contribution is 2.24. The maximum Gasteiger partial charge on any atom is 0.223 e. The fourth-order valence-electron chi connectivity index (χ4n) is 3.15. The van der Waals surface area contributed by atoms with Gasteiger partial charge in [-0.2, -0.15) is 0 Å². The molecule has 0 bridgehead atoms. The van der Waals surface area contributed by atoms with Gasteiger partial charge in [0, 0.05) is 12.5 Å². The van der Waals surface area contributed by atoms with Crippen LogP contribution in [-0.4, -0.2) is 42.1 Å². The zero-order valence-corrected chi connectivity index (χ0v) is 15.6. The van der Waals surface area contributed by atoms with Crippen LogP contribution in [0.3, 0.4) is 0 Å². The molecule has 1 aliphatic heterocycles. The number of carbonyl (C=O) groups excluding carboxylic acids is 1. The number of likely N-dealkylation sites (tertiary alicyclic amines) is 1. The molecule has 1 atom stereocenters. The van der Waals surface area contributed by atoms with Crippen molar-refractivity contribution in [2.75, 3.05) is 26.2 Å². The van der Waals surface area contributed by atoms with Crippen LogP contribution in [0.4, 0.5) is 0 Å². The minimum Gasteiger partial charge on any atom is -0.387 e. The summed E-state index contributed by atoms with van der Waals surface area (Å²) in [7, 11) is 0. The summed E-state index contributed by atoms with van der Waals surface area (Å²) in [4.78, 5) is 14.5. The van der Waals surface area contributed by atoms with E-state index >= 15 is 0 Å². The van der Waals surface area contributed by atoms with Crippen LogP contribution in [0.1, 0.15) is 50.8 Å². The van der Waals surface area contributed by atoms with Crippen LogP contribution in [0.2, 0.25) is 0 Å². The molecule has 1 amide bonds. The van der Waals surface area contributed by atoms with Crippen molar-refractivity contribution in [3.05, 3.63) is 35.4 Å². The Bertz CT molecular complexity index is 602. The molecule has 4 nitrogen and oxygen atoms in total. The van der Waals surface area contributed by atoms with Gasteiger partial charge in [-0.25, -0.2) is 0 Å². The largest absolute Gasteiger partial charge is 0.387 e. The van der Waals surface area contributed by atoms with Crippen molar-refractivity contribution in [1.29, 1.82) is 0 Å². The summed E-state index contributed by atoms with van der Waals surface area (Å²) in [5.74, 6) is 2.70. The van der Waals surface area contributed by atoms with Crippen LogP contribution in [0.5, 0.6) is 0 Å². The fourth-order valence-corrected chi connectivity index (χ4v) is 3.15. The number of aliphatic hydroxyl groups is 1. The maximum atomic E-state index is 12.3. The van der Waals surface area contributed by atoms with Gasteiger partial charge in [-0.05, 0) is 42.5 Å². The monoisotopic (exact) mass is 342 g/mol. The fraction of sp³-hybridized carbons (Fsp3) is 0.571. The number of hydrogen-bond acceptors (Lipinski definition) is 3. The number of amides is 1. The van der Waals surface area contributed by atoms with Gasteiger partial charge in [0.2, 0.25) is 5.91 Å². The second-order valence-corrected chi connectivity index (χ2v) is 7.89. The summed E-state index contributed by atoms with van der Waals surface area (Å²) in [5, 5.41) is 13.2. The van der Waals surface area contributed by atoms with Gasteiger partial charge in [0.15, 0.2) is 0 Å². The molecule has 1 saturated heterocycles. The summed E-state index contributed by atoms with van der Waals surface area (Å²) in [6.07, 6.45) is 6.29. The van der Waals surface area contributed by atoms with E-state index in [-0.39, 0.29) is 23.8 Å². The van der Waals surface area contributed by atoms with Crippen molar-refractivity contribution in [3.8, 4) is 12.3 Å². The van der Waals surface area contributed by atoms with Gasteiger partial charge in [-0.15, -0.1) is 6.42 Å². The van der Waals surface area contributed by atoms with Gasteiger partial charge in [-0.1, -0.05) is 51.0 Å². The molecular weight excluding hydrogens is 312 g/mol. The van der Waals surface area contributed by atoms with Crippen LogP contribution in [-0.2, 0) is 10.2 Å². The molecule has 25 heavy (non-hydrogen) atoms. The summed E-state index contributed by atoms with van der Waals surface area (Å²) < 4.78 is 0. The first kappa shape index (κ1) is 19.5. The standard InChI is InChI=1S/C21H30N2O2/c1-5-12-23-13-10-17(11-14-23)20(25)22-15-19(24)16-6-8-18(9-7-16)21(2,3)4/h1,6-9,17,19,24H,10-15H2,2-4H3,(H,22,25). The van der Waals surface area contributed by atoms with E-state index in [1.54, 1.807) is 0 Å². The number of aliphatic hydroxyl groups excluding tert-OH is 1. The van der Waals surface area contributed by atoms with Crippen LogP contribution in [0, 0.1) is 18.3 Å². The topological polar surface area (TPSA) is 52.6 Å². The molecule has 0 radical (unpaired) electrons. The lowest BCUT2D eigenvalue weighted by Crippen LogP contribution is -2.41. The zero-order valence-electron chi connectivity index (χ0n) is 15.6. The third-order valence-corrected chi connectivity index (χ3v) is 4.90. The van der Waals surface area contributed by atoms with E-state index in [4.69, 9.17) is 6.42 Å². The van der Waals surface area contributed by atoms with Crippen molar-refractivity contribution in [2.24, 2.45) is 5.92 Å². The lowest BCUT2D eigenvalue weighted by Gasteiger charge is -2.30. The average molecular weight is 342 g/mol. The normalized spacial score (nSPS) is 17.7. The highest BCUT2D eigenvalue weighted by Gasteiger charge is 2.25. The number of nitrogens with zero attached hydrogens (tertiary/aromatic N) is 1. The van der Waals surface area contributed by atoms with E-state index in [0.29, 0.717) is 6.54 Å². The Labute approximate surface area is 151 Å². The Morgan fingerprint density at radius 2 is 1.92 bits per heavy atom. The molecule has 1 aromatic rings. The van der Waals surface area contributed by atoms with Crippen LogP contribution >= 0.6 is 0 Å². The van der Waals surface area contributed by atoms with E-state index in [1.807, 2.05) is 24.3 Å². The highest BCUT2D eigenvalue weighted by atomic mass is 16.3. The van der Waals surface area contributed by atoms with Crippen molar-refractivity contribution in [1.82, 2.24) is 10.2 Å². The Morgan fingerprint density at radius 1 is 1.32 bits per heavy atom. The van der Waals surface area contributed by atoms with Crippen molar-refractivity contribution in [2.45, 2.75) is 45.1 Å². The van der Waals surface area contributed by atoms with Crippen LogP contribution in [0.15, 0.2) is 24.3 Å². The third-order valence-electron chi connectivity index (χ3n) is 4.90. The molecule has 0 saturated carbocycles. The van der Waals surface area contributed by atoms with E-state index in [1.165, 1.54) is 5.56 Å². The number of piperidine rings is 1. The quantitative estimate of drug-likeness (QED) is 0.809. The van der Waals surface area contributed by atoms with Gasteiger partial charge in [0.1, 0.15) is 0 Å². The predicted molar refractivity (Wildman–Crippen MR) is 101 cm³/mol. The third kappa shape index (κ3) is 5.59. The Hall–Kier alpha value is -1.83. The number of benzene rings is 1. The number of carbonyl (C=O) groups is 1. The first-order valence-electron chi connectivity index (χ1n) is 9.03. The van der Waals surface area contributed by atoms with Crippen LogP contribution < -0.4 is 5.32 Å². The molecule has 2 rings (SSSR count). The zero-order chi connectivity index (χ0) is 18.4. The van der Waals surface area contributed by atoms with E-state index in [9.17, 15) is 9.90 Å². The Balaban J connectivity index is 1.81. The molecule has 4 heteroatoms. The highest BCUT2D eigenvalue weighted by molar-refractivity contribution is 5.78. The molecule has 1 unspecified atom stereocenters. The number of rotatable bonds is 5. The number of nitrogens with one attached hydrogen (secondary N) is 1. The Kier molecular flexibility index (Phi) is 6.64. The minimum atomic E-state index is -0.681. The van der Waals surface area contributed by atoms with Gasteiger partial charge in [0.25, 0.3) is 0 Å². The van der Waals surface area contributed by atoms with Gasteiger partial charge in [-0.3, -0.25) is 9.69 Å². The van der Waals surface area contributed by atoms with Crippen molar-refractivity contribution in [3.63, 3.8) is 0 Å². The first-order chi connectivity index (χ1) is 11.8. The second kappa shape index (κ2) is 8.51. The summed E-state index contributed by atoms with van der Waals surface area (Å²) in [6, 6.07) is 7.97. The number of terminal acetylenes is 1. The number of hydrogen-bond donors (Lipinski definition) is 2. The van der Waals surface area contributed by atoms with E-state index in [0.717, 1.165) is 31.5 Å². The van der Waals surface area contributed by atoms with Crippen LogP contribution in [0.25, 0.3) is 0 Å². The second-order valence-electron chi connectivity index (χ2n) is 7.89. The van der Waals surface area contributed by atoms with Gasteiger partial charge >= 0.3 is 0 Å². The van der Waals surface area contributed by atoms with E-state index < -0.39 is 6.10 Å². The SMILES string of the molecule is C#CCN1CCC(C(=O)NCC(O)c2ccc(C(C)(C)C)cc2)CC1. The maximum absolute atomic E-state index is 12.3. The minimum absolute atomic E-state index is 0.0180. The summed E-state index contributed by atoms with van der Waals surface area (Å²) in [5.41, 5.74) is 2.15. The first-order valence-corrected chi connectivity index (χ1v) is 9.03. The molecule has 0 aromatic heterocycles. The molecule has 1 fully saturated rings. The molecule has 2 N–H and O–H groups in total.